The number of ether oxygens (including phenoxy) is 2. The van der Waals surface area contributed by atoms with Crippen LogP contribution in [0.4, 0.5) is 0 Å². The van der Waals surface area contributed by atoms with Gasteiger partial charge in [0.2, 0.25) is 5.88 Å². The molecule has 0 atom stereocenters. The standard InChI is InChI=1S/C22H18N2O3/c1-16-19(14-23)9-12-21(24-16)27-20-10-7-17(8-11-20)13-22(25)26-15-18-5-3-2-4-6-18/h2-12H,13,15H2,1H3. The molecule has 0 amide bonds. The number of carbonyl (C=O) groups is 1. The lowest BCUT2D eigenvalue weighted by Gasteiger charge is -2.08. The summed E-state index contributed by atoms with van der Waals surface area (Å²) in [5.41, 5.74) is 2.93. The highest BCUT2D eigenvalue weighted by Gasteiger charge is 2.07. The first kappa shape index (κ1) is 18.2. The topological polar surface area (TPSA) is 72.2 Å². The molecule has 3 rings (SSSR count). The Morgan fingerprint density at radius 1 is 1.00 bits per heavy atom. The number of aryl methyl sites for hydroxylation is 1. The molecule has 0 fully saturated rings. The summed E-state index contributed by atoms with van der Waals surface area (Å²) in [7, 11) is 0. The Bertz CT molecular complexity index is 961. The van der Waals surface area contributed by atoms with Gasteiger partial charge in [-0.1, -0.05) is 42.5 Å². The molecule has 0 saturated carbocycles. The molecule has 5 nitrogen and oxygen atoms in total. The zero-order valence-corrected chi connectivity index (χ0v) is 14.9. The molecule has 0 saturated heterocycles. The van der Waals surface area contributed by atoms with Crippen molar-refractivity contribution in [3.05, 3.63) is 89.1 Å². The van der Waals surface area contributed by atoms with Gasteiger partial charge in [-0.15, -0.1) is 0 Å². The van der Waals surface area contributed by atoms with E-state index >= 15 is 0 Å². The molecule has 1 heterocycles. The zero-order chi connectivity index (χ0) is 19.1. The van der Waals surface area contributed by atoms with E-state index in [2.05, 4.69) is 11.1 Å². The second kappa shape index (κ2) is 8.63. The average molecular weight is 358 g/mol. The molecule has 5 heteroatoms. The molecular weight excluding hydrogens is 340 g/mol. The number of rotatable bonds is 6. The van der Waals surface area contributed by atoms with E-state index in [1.165, 1.54) is 0 Å². The van der Waals surface area contributed by atoms with Gasteiger partial charge in [0.1, 0.15) is 18.4 Å². The first-order valence-electron chi connectivity index (χ1n) is 8.48. The Balaban J connectivity index is 1.54. The normalized spacial score (nSPS) is 10.1. The number of pyridine rings is 1. The van der Waals surface area contributed by atoms with Gasteiger partial charge in [0, 0.05) is 6.07 Å². The number of benzene rings is 2. The van der Waals surface area contributed by atoms with E-state index in [9.17, 15) is 4.79 Å². The molecule has 0 unspecified atom stereocenters. The van der Waals surface area contributed by atoms with Crippen molar-refractivity contribution in [3.8, 4) is 17.7 Å². The first-order chi connectivity index (χ1) is 13.1. The van der Waals surface area contributed by atoms with E-state index < -0.39 is 0 Å². The van der Waals surface area contributed by atoms with Gasteiger partial charge < -0.3 is 9.47 Å². The van der Waals surface area contributed by atoms with Crippen molar-refractivity contribution in [1.29, 1.82) is 5.26 Å². The van der Waals surface area contributed by atoms with Gasteiger partial charge in [-0.25, -0.2) is 4.98 Å². The Kier molecular flexibility index (Phi) is 5.80. The summed E-state index contributed by atoms with van der Waals surface area (Å²) >= 11 is 0. The largest absolute Gasteiger partial charge is 0.461 e. The highest BCUT2D eigenvalue weighted by molar-refractivity contribution is 5.72. The number of aromatic nitrogens is 1. The van der Waals surface area contributed by atoms with Gasteiger partial charge in [0.25, 0.3) is 0 Å². The van der Waals surface area contributed by atoms with Crippen LogP contribution < -0.4 is 4.74 Å². The summed E-state index contributed by atoms with van der Waals surface area (Å²) in [5, 5.41) is 8.94. The van der Waals surface area contributed by atoms with Crippen molar-refractivity contribution in [2.45, 2.75) is 20.0 Å². The quantitative estimate of drug-likeness (QED) is 0.613. The molecular formula is C22H18N2O3. The summed E-state index contributed by atoms with van der Waals surface area (Å²) < 4.78 is 11.0. The molecule has 3 aromatic rings. The molecule has 2 aromatic carbocycles. The van der Waals surface area contributed by atoms with E-state index in [0.717, 1.165) is 11.1 Å². The Morgan fingerprint density at radius 2 is 1.74 bits per heavy atom. The van der Waals surface area contributed by atoms with E-state index in [0.29, 0.717) is 22.9 Å². The van der Waals surface area contributed by atoms with Crippen LogP contribution in [-0.2, 0) is 22.6 Å². The van der Waals surface area contributed by atoms with Crippen molar-refractivity contribution in [2.75, 3.05) is 0 Å². The summed E-state index contributed by atoms with van der Waals surface area (Å²) in [5.74, 6) is 0.742. The Labute approximate surface area is 157 Å². The summed E-state index contributed by atoms with van der Waals surface area (Å²) in [4.78, 5) is 16.2. The Morgan fingerprint density at radius 3 is 2.41 bits per heavy atom. The lowest BCUT2D eigenvalue weighted by Crippen LogP contribution is -2.07. The maximum atomic E-state index is 12.0. The first-order valence-corrected chi connectivity index (χ1v) is 8.48. The van der Waals surface area contributed by atoms with Crippen LogP contribution in [0.15, 0.2) is 66.7 Å². The number of carbonyl (C=O) groups excluding carboxylic acids is 1. The van der Waals surface area contributed by atoms with Crippen LogP contribution in [0.5, 0.6) is 11.6 Å². The van der Waals surface area contributed by atoms with E-state index in [4.69, 9.17) is 14.7 Å². The summed E-state index contributed by atoms with van der Waals surface area (Å²) in [6.45, 7) is 2.03. The van der Waals surface area contributed by atoms with E-state index in [1.54, 1.807) is 31.2 Å². The van der Waals surface area contributed by atoms with Gasteiger partial charge in [-0.3, -0.25) is 4.79 Å². The smallest absolute Gasteiger partial charge is 0.310 e. The van der Waals surface area contributed by atoms with Gasteiger partial charge >= 0.3 is 5.97 Å². The van der Waals surface area contributed by atoms with Crippen LogP contribution in [0, 0.1) is 18.3 Å². The number of hydrogen-bond acceptors (Lipinski definition) is 5. The predicted octanol–water partition coefficient (Wildman–Crippen LogP) is 4.34. The predicted molar refractivity (Wildman–Crippen MR) is 100 cm³/mol. The minimum absolute atomic E-state index is 0.196. The second-order valence-corrected chi connectivity index (χ2v) is 5.96. The van der Waals surface area contributed by atoms with Gasteiger partial charge in [0.15, 0.2) is 0 Å². The molecule has 1 aromatic heterocycles. The van der Waals surface area contributed by atoms with Crippen LogP contribution in [-0.4, -0.2) is 11.0 Å². The minimum Gasteiger partial charge on any atom is -0.461 e. The molecule has 134 valence electrons. The fourth-order valence-electron chi connectivity index (χ4n) is 2.46. The second-order valence-electron chi connectivity index (χ2n) is 5.96. The highest BCUT2D eigenvalue weighted by atomic mass is 16.5. The third-order valence-electron chi connectivity index (χ3n) is 3.92. The average Bonchev–Trinajstić information content (AvgIpc) is 2.69. The van der Waals surface area contributed by atoms with Crippen molar-refractivity contribution >= 4 is 5.97 Å². The molecule has 0 aliphatic heterocycles. The van der Waals surface area contributed by atoms with Crippen LogP contribution in [0.2, 0.25) is 0 Å². The van der Waals surface area contributed by atoms with Crippen LogP contribution in [0.3, 0.4) is 0 Å². The molecule has 0 radical (unpaired) electrons. The maximum Gasteiger partial charge on any atom is 0.310 e. The molecule has 0 bridgehead atoms. The van der Waals surface area contributed by atoms with Crippen molar-refractivity contribution in [3.63, 3.8) is 0 Å². The fraction of sp³-hybridized carbons (Fsp3) is 0.136. The van der Waals surface area contributed by atoms with Gasteiger partial charge in [-0.05, 0) is 36.2 Å². The Hall–Kier alpha value is -3.65. The number of nitrogens with zero attached hydrogens (tertiary/aromatic N) is 2. The maximum absolute atomic E-state index is 12.0. The minimum atomic E-state index is -0.281. The molecule has 0 aliphatic rings. The molecule has 27 heavy (non-hydrogen) atoms. The van der Waals surface area contributed by atoms with Crippen LogP contribution in [0.1, 0.15) is 22.4 Å². The lowest BCUT2D eigenvalue weighted by molar-refractivity contribution is -0.144. The SMILES string of the molecule is Cc1nc(Oc2ccc(CC(=O)OCc3ccccc3)cc2)ccc1C#N. The number of esters is 1. The molecule has 0 aliphatic carbocycles. The van der Waals surface area contributed by atoms with E-state index in [-0.39, 0.29) is 19.0 Å². The number of nitriles is 1. The molecule has 0 spiro atoms. The third-order valence-corrected chi connectivity index (χ3v) is 3.92. The van der Waals surface area contributed by atoms with Crippen LogP contribution >= 0.6 is 0 Å². The summed E-state index contributed by atoms with van der Waals surface area (Å²) in [6.07, 6.45) is 0.196. The van der Waals surface area contributed by atoms with Crippen LogP contribution in [0.25, 0.3) is 0 Å². The zero-order valence-electron chi connectivity index (χ0n) is 14.9. The van der Waals surface area contributed by atoms with Crippen molar-refractivity contribution < 1.29 is 14.3 Å². The third kappa shape index (κ3) is 5.16. The summed E-state index contributed by atoms with van der Waals surface area (Å²) in [6, 6.07) is 22.1. The van der Waals surface area contributed by atoms with Gasteiger partial charge in [-0.2, -0.15) is 5.26 Å². The monoisotopic (exact) mass is 358 g/mol. The molecule has 0 N–H and O–H groups in total. The highest BCUT2D eigenvalue weighted by Crippen LogP contribution is 2.21. The van der Waals surface area contributed by atoms with Crippen molar-refractivity contribution in [2.24, 2.45) is 0 Å². The fourth-order valence-corrected chi connectivity index (χ4v) is 2.46. The van der Waals surface area contributed by atoms with E-state index in [1.807, 2.05) is 42.5 Å². The van der Waals surface area contributed by atoms with Gasteiger partial charge in [0.05, 0.1) is 17.7 Å². The van der Waals surface area contributed by atoms with Crippen molar-refractivity contribution in [1.82, 2.24) is 4.98 Å². The number of hydrogen-bond donors (Lipinski definition) is 0. The lowest BCUT2D eigenvalue weighted by atomic mass is 10.1.